The number of pyridine rings is 1. The average Bonchev–Trinajstić information content (AvgIpc) is 2.83. The van der Waals surface area contributed by atoms with Gasteiger partial charge in [0, 0.05) is 17.0 Å². The second-order valence-electron chi connectivity index (χ2n) is 4.86. The van der Waals surface area contributed by atoms with E-state index in [-0.39, 0.29) is 5.82 Å². The summed E-state index contributed by atoms with van der Waals surface area (Å²) in [6.45, 7) is 0. The van der Waals surface area contributed by atoms with Gasteiger partial charge in [0.15, 0.2) is 0 Å². The van der Waals surface area contributed by atoms with Crippen LogP contribution in [0.4, 0.5) is 4.39 Å². The highest BCUT2D eigenvalue weighted by Gasteiger charge is 2.12. The maximum Gasteiger partial charge on any atom is 0.123 e. The molecule has 96 valence electrons. The van der Waals surface area contributed by atoms with Crippen LogP contribution >= 0.6 is 0 Å². The number of hydrogen-bond donors (Lipinski definition) is 0. The summed E-state index contributed by atoms with van der Waals surface area (Å²) in [6, 6.07) is 21.1. The van der Waals surface area contributed by atoms with E-state index in [4.69, 9.17) is 0 Å². The predicted molar refractivity (Wildman–Crippen MR) is 80.3 cm³/mol. The third-order valence-corrected chi connectivity index (χ3v) is 3.68. The molecule has 1 nitrogen and oxygen atoms in total. The molecule has 2 heterocycles. The SMILES string of the molecule is Fc1ccc(-c2c3ccccc3c3ccccn23)cc1. The summed E-state index contributed by atoms with van der Waals surface area (Å²) < 4.78 is 15.3. The van der Waals surface area contributed by atoms with Gasteiger partial charge in [0.2, 0.25) is 0 Å². The lowest BCUT2D eigenvalue weighted by molar-refractivity contribution is 0.628. The Bertz CT molecular complexity index is 850. The lowest BCUT2D eigenvalue weighted by atomic mass is 10.1. The van der Waals surface area contributed by atoms with E-state index in [1.54, 1.807) is 0 Å². The molecule has 2 aromatic carbocycles. The lowest BCUT2D eigenvalue weighted by Crippen LogP contribution is -1.87. The van der Waals surface area contributed by atoms with Gasteiger partial charge in [0.1, 0.15) is 5.82 Å². The molecule has 0 aliphatic rings. The number of hydrogen-bond acceptors (Lipinski definition) is 0. The normalized spacial score (nSPS) is 11.2. The number of halogens is 1. The number of rotatable bonds is 1. The standard InChI is InChI=1S/C18H12FN/c19-14-10-8-13(9-11-14)18-16-6-2-1-5-15(16)17-7-3-4-12-20(17)18/h1-12H. The van der Waals surface area contributed by atoms with Crippen LogP contribution in [0.1, 0.15) is 0 Å². The monoisotopic (exact) mass is 261 g/mol. The summed E-state index contributed by atoms with van der Waals surface area (Å²) >= 11 is 0. The van der Waals surface area contributed by atoms with Crippen LogP contribution in [0, 0.1) is 5.82 Å². The molecule has 0 unspecified atom stereocenters. The van der Waals surface area contributed by atoms with Crippen molar-refractivity contribution in [1.29, 1.82) is 0 Å². The number of nitrogens with zero attached hydrogens (tertiary/aromatic N) is 1. The fraction of sp³-hybridized carbons (Fsp3) is 0. The van der Waals surface area contributed by atoms with E-state index in [9.17, 15) is 4.39 Å². The zero-order valence-electron chi connectivity index (χ0n) is 10.8. The third kappa shape index (κ3) is 1.55. The first-order chi connectivity index (χ1) is 9.84. The Hall–Kier alpha value is -2.61. The molecule has 0 aliphatic carbocycles. The molecule has 0 fully saturated rings. The van der Waals surface area contributed by atoms with Crippen molar-refractivity contribution < 1.29 is 4.39 Å². The van der Waals surface area contributed by atoms with Crippen LogP contribution < -0.4 is 0 Å². The van der Waals surface area contributed by atoms with Gasteiger partial charge in [-0.1, -0.05) is 30.3 Å². The molecule has 4 rings (SSSR count). The fourth-order valence-electron chi connectivity index (χ4n) is 2.80. The fourth-order valence-corrected chi connectivity index (χ4v) is 2.80. The van der Waals surface area contributed by atoms with Gasteiger partial charge in [-0.05, 0) is 42.0 Å². The molecule has 0 atom stereocenters. The van der Waals surface area contributed by atoms with Crippen molar-refractivity contribution in [2.75, 3.05) is 0 Å². The van der Waals surface area contributed by atoms with Gasteiger partial charge in [-0.2, -0.15) is 0 Å². The van der Waals surface area contributed by atoms with Crippen molar-refractivity contribution in [2.45, 2.75) is 0 Å². The van der Waals surface area contributed by atoms with Gasteiger partial charge >= 0.3 is 0 Å². The topological polar surface area (TPSA) is 4.41 Å². The van der Waals surface area contributed by atoms with E-state index in [0.717, 1.165) is 11.3 Å². The number of benzene rings is 2. The average molecular weight is 261 g/mol. The molecule has 0 saturated heterocycles. The molecular formula is C18H12FN. The second-order valence-corrected chi connectivity index (χ2v) is 4.86. The highest BCUT2D eigenvalue weighted by Crippen LogP contribution is 2.33. The Morgan fingerprint density at radius 1 is 0.700 bits per heavy atom. The number of aromatic nitrogens is 1. The molecule has 0 spiro atoms. The van der Waals surface area contributed by atoms with Crippen molar-refractivity contribution in [3.05, 3.63) is 78.7 Å². The Labute approximate surface area is 115 Å². The molecule has 0 radical (unpaired) electrons. The molecule has 2 heteroatoms. The van der Waals surface area contributed by atoms with Gasteiger partial charge in [0.25, 0.3) is 0 Å². The minimum absolute atomic E-state index is 0.209. The molecule has 0 N–H and O–H groups in total. The molecule has 2 aromatic heterocycles. The zero-order chi connectivity index (χ0) is 13.5. The molecule has 0 aliphatic heterocycles. The van der Waals surface area contributed by atoms with E-state index in [1.807, 2.05) is 42.6 Å². The highest BCUT2D eigenvalue weighted by atomic mass is 19.1. The van der Waals surface area contributed by atoms with E-state index in [1.165, 1.54) is 28.4 Å². The molecule has 0 bridgehead atoms. The first kappa shape index (κ1) is 11.2. The van der Waals surface area contributed by atoms with Crippen molar-refractivity contribution >= 4 is 16.3 Å². The van der Waals surface area contributed by atoms with Crippen molar-refractivity contribution in [2.24, 2.45) is 0 Å². The van der Waals surface area contributed by atoms with Gasteiger partial charge in [0.05, 0.1) is 11.2 Å². The minimum Gasteiger partial charge on any atom is -0.315 e. The summed E-state index contributed by atoms with van der Waals surface area (Å²) in [6.07, 6.45) is 2.05. The van der Waals surface area contributed by atoms with E-state index in [0.29, 0.717) is 0 Å². The summed E-state index contributed by atoms with van der Waals surface area (Å²) in [7, 11) is 0. The second kappa shape index (κ2) is 4.20. The number of fused-ring (bicyclic) bond motifs is 3. The molecule has 0 saturated carbocycles. The summed E-state index contributed by atoms with van der Waals surface area (Å²) in [5, 5.41) is 2.40. The summed E-state index contributed by atoms with van der Waals surface area (Å²) in [5.74, 6) is -0.209. The van der Waals surface area contributed by atoms with E-state index in [2.05, 4.69) is 22.6 Å². The van der Waals surface area contributed by atoms with Gasteiger partial charge in [-0.3, -0.25) is 0 Å². The first-order valence-electron chi connectivity index (χ1n) is 6.58. The molecule has 4 aromatic rings. The van der Waals surface area contributed by atoms with Gasteiger partial charge in [-0.15, -0.1) is 0 Å². The van der Waals surface area contributed by atoms with Crippen LogP contribution in [-0.2, 0) is 0 Å². The molecule has 20 heavy (non-hydrogen) atoms. The van der Waals surface area contributed by atoms with Crippen LogP contribution in [0.5, 0.6) is 0 Å². The van der Waals surface area contributed by atoms with Crippen LogP contribution in [0.3, 0.4) is 0 Å². The Morgan fingerprint density at radius 3 is 2.20 bits per heavy atom. The van der Waals surface area contributed by atoms with Crippen molar-refractivity contribution in [1.82, 2.24) is 4.40 Å². The largest absolute Gasteiger partial charge is 0.315 e. The van der Waals surface area contributed by atoms with Gasteiger partial charge < -0.3 is 4.40 Å². The first-order valence-corrected chi connectivity index (χ1v) is 6.58. The van der Waals surface area contributed by atoms with Gasteiger partial charge in [-0.25, -0.2) is 4.39 Å². The summed E-state index contributed by atoms with van der Waals surface area (Å²) in [5.41, 5.74) is 3.30. The van der Waals surface area contributed by atoms with Crippen LogP contribution in [0.25, 0.3) is 27.5 Å². The smallest absolute Gasteiger partial charge is 0.123 e. The quantitative estimate of drug-likeness (QED) is 0.459. The molecule has 0 amide bonds. The Morgan fingerprint density at radius 2 is 1.40 bits per heavy atom. The maximum atomic E-state index is 13.1. The van der Waals surface area contributed by atoms with E-state index >= 15 is 0 Å². The Balaban J connectivity index is 2.17. The lowest BCUT2D eigenvalue weighted by Gasteiger charge is -2.03. The molecular weight excluding hydrogens is 249 g/mol. The van der Waals surface area contributed by atoms with Crippen LogP contribution in [0.15, 0.2) is 72.9 Å². The van der Waals surface area contributed by atoms with Crippen molar-refractivity contribution in [3.8, 4) is 11.3 Å². The van der Waals surface area contributed by atoms with E-state index < -0.39 is 0 Å². The maximum absolute atomic E-state index is 13.1. The summed E-state index contributed by atoms with van der Waals surface area (Å²) in [4.78, 5) is 0. The zero-order valence-corrected chi connectivity index (χ0v) is 10.8. The van der Waals surface area contributed by atoms with Crippen LogP contribution in [-0.4, -0.2) is 4.40 Å². The Kier molecular flexibility index (Phi) is 2.36. The predicted octanol–water partition coefficient (Wildman–Crippen LogP) is 4.90. The highest BCUT2D eigenvalue weighted by molar-refractivity contribution is 6.06. The minimum atomic E-state index is -0.209. The third-order valence-electron chi connectivity index (χ3n) is 3.68. The van der Waals surface area contributed by atoms with Crippen molar-refractivity contribution in [3.63, 3.8) is 0 Å². The van der Waals surface area contributed by atoms with Crippen LogP contribution in [0.2, 0.25) is 0 Å².